The van der Waals surface area contributed by atoms with Gasteiger partial charge in [0.2, 0.25) is 11.9 Å². The molecule has 3 aliphatic rings. The molecule has 2 saturated carbocycles. The minimum Gasteiger partial charge on any atom is -0.384 e. The van der Waals surface area contributed by atoms with Crippen LogP contribution in [0.4, 0.5) is 16.6 Å². The number of likely N-dealkylation sites (N-methyl/N-ethyl adjacent to an activating group) is 1. The van der Waals surface area contributed by atoms with E-state index in [0.29, 0.717) is 17.7 Å². The SMILES string of the molecule is CN(C(=O)[C@@H]1[C@@H](Cc2ccnc(N)c2)C(=O)N1C(=O)NC(C1CCCCC1)C1CC1)c1ncccn1. The van der Waals surface area contributed by atoms with Crippen molar-refractivity contribution in [3.05, 3.63) is 42.4 Å². The van der Waals surface area contributed by atoms with E-state index < -0.39 is 23.9 Å². The number of urea groups is 1. The van der Waals surface area contributed by atoms with Gasteiger partial charge in [-0.05, 0) is 67.7 Å². The van der Waals surface area contributed by atoms with Crippen LogP contribution in [0.25, 0.3) is 0 Å². The maximum atomic E-state index is 13.6. The van der Waals surface area contributed by atoms with Gasteiger partial charge in [0, 0.05) is 31.7 Å². The highest BCUT2D eigenvalue weighted by molar-refractivity contribution is 6.12. The fourth-order valence-corrected chi connectivity index (χ4v) is 5.67. The summed E-state index contributed by atoms with van der Waals surface area (Å²) in [6.07, 6.45) is 12.9. The number of amides is 4. The second-order valence-corrected chi connectivity index (χ2v) is 10.2. The van der Waals surface area contributed by atoms with Gasteiger partial charge in [-0.15, -0.1) is 0 Å². The van der Waals surface area contributed by atoms with Gasteiger partial charge in [0.1, 0.15) is 11.9 Å². The summed E-state index contributed by atoms with van der Waals surface area (Å²) in [5.74, 6) is -0.00977. The number of imide groups is 1. The number of pyridine rings is 1. The van der Waals surface area contributed by atoms with Crippen LogP contribution in [0, 0.1) is 17.8 Å². The lowest BCUT2D eigenvalue weighted by Gasteiger charge is -2.46. The monoisotopic (exact) mass is 491 g/mol. The highest BCUT2D eigenvalue weighted by Gasteiger charge is 2.56. The molecule has 190 valence electrons. The third-order valence-electron chi connectivity index (χ3n) is 7.75. The van der Waals surface area contributed by atoms with Crippen molar-refractivity contribution in [3.63, 3.8) is 0 Å². The minimum absolute atomic E-state index is 0.0515. The fraction of sp³-hybridized carbons (Fsp3) is 0.538. The summed E-state index contributed by atoms with van der Waals surface area (Å²) in [6, 6.07) is 3.74. The van der Waals surface area contributed by atoms with Crippen molar-refractivity contribution in [3.8, 4) is 0 Å². The topological polar surface area (TPSA) is 134 Å². The molecular weight excluding hydrogens is 458 g/mol. The molecule has 3 fully saturated rings. The molecule has 0 aromatic carbocycles. The van der Waals surface area contributed by atoms with Gasteiger partial charge >= 0.3 is 6.03 Å². The first-order valence-corrected chi connectivity index (χ1v) is 12.8. The molecular formula is C26H33N7O3. The maximum absolute atomic E-state index is 13.6. The zero-order valence-electron chi connectivity index (χ0n) is 20.5. The van der Waals surface area contributed by atoms with Gasteiger partial charge in [-0.3, -0.25) is 19.4 Å². The number of nitrogen functional groups attached to an aromatic ring is 1. The van der Waals surface area contributed by atoms with Crippen LogP contribution in [0.1, 0.15) is 50.5 Å². The number of hydrogen-bond donors (Lipinski definition) is 2. The van der Waals surface area contributed by atoms with Crippen LogP contribution in [0.3, 0.4) is 0 Å². The molecule has 3 heterocycles. The molecule has 3 atom stereocenters. The highest BCUT2D eigenvalue weighted by atomic mass is 16.2. The molecule has 2 aromatic heterocycles. The van der Waals surface area contributed by atoms with Crippen LogP contribution in [-0.2, 0) is 16.0 Å². The molecule has 3 N–H and O–H groups in total. The first-order chi connectivity index (χ1) is 17.4. The van der Waals surface area contributed by atoms with Gasteiger partial charge in [-0.2, -0.15) is 0 Å². The van der Waals surface area contributed by atoms with Crippen molar-refractivity contribution < 1.29 is 14.4 Å². The van der Waals surface area contributed by atoms with Crippen molar-refractivity contribution in [1.82, 2.24) is 25.2 Å². The minimum atomic E-state index is -0.952. The number of likely N-dealkylation sites (tertiary alicyclic amines) is 1. The molecule has 1 saturated heterocycles. The second-order valence-electron chi connectivity index (χ2n) is 10.2. The van der Waals surface area contributed by atoms with E-state index in [4.69, 9.17) is 5.73 Å². The molecule has 36 heavy (non-hydrogen) atoms. The first kappa shape index (κ1) is 24.1. The van der Waals surface area contributed by atoms with Crippen molar-refractivity contribution in [2.24, 2.45) is 17.8 Å². The number of rotatable bonds is 7. The van der Waals surface area contributed by atoms with Gasteiger partial charge in [0.25, 0.3) is 5.91 Å². The molecule has 2 aliphatic carbocycles. The zero-order chi connectivity index (χ0) is 25.2. The number of hydrogen-bond acceptors (Lipinski definition) is 7. The van der Waals surface area contributed by atoms with Crippen molar-refractivity contribution in [2.75, 3.05) is 17.7 Å². The lowest BCUT2D eigenvalue weighted by atomic mass is 9.81. The van der Waals surface area contributed by atoms with E-state index in [1.807, 2.05) is 0 Å². The van der Waals surface area contributed by atoms with E-state index in [1.54, 1.807) is 43.8 Å². The summed E-state index contributed by atoms with van der Waals surface area (Å²) >= 11 is 0. The average Bonchev–Trinajstić information content (AvgIpc) is 3.74. The van der Waals surface area contributed by atoms with Crippen LogP contribution in [-0.4, -0.2) is 56.8 Å². The van der Waals surface area contributed by atoms with Crippen molar-refractivity contribution >= 4 is 29.6 Å². The molecule has 1 unspecified atom stereocenters. The number of β-lactam (4-membered cyclic amide) rings is 1. The molecule has 4 amide bonds. The number of aromatic nitrogens is 3. The molecule has 0 bridgehead atoms. The molecule has 5 rings (SSSR count). The molecule has 1 aliphatic heterocycles. The average molecular weight is 492 g/mol. The Bertz CT molecular complexity index is 1120. The summed E-state index contributed by atoms with van der Waals surface area (Å²) in [5, 5.41) is 3.17. The summed E-state index contributed by atoms with van der Waals surface area (Å²) in [7, 11) is 1.56. The highest BCUT2D eigenvalue weighted by Crippen LogP contribution is 2.41. The number of nitrogens with two attached hydrogens (primary N) is 1. The smallest absolute Gasteiger partial charge is 0.325 e. The van der Waals surface area contributed by atoms with Crippen LogP contribution in [0.5, 0.6) is 0 Å². The largest absolute Gasteiger partial charge is 0.384 e. The van der Waals surface area contributed by atoms with E-state index in [0.717, 1.165) is 36.1 Å². The Morgan fingerprint density at radius 1 is 1.08 bits per heavy atom. The van der Waals surface area contributed by atoms with Gasteiger partial charge in [0.05, 0.1) is 5.92 Å². The first-order valence-electron chi connectivity index (χ1n) is 12.8. The third kappa shape index (κ3) is 4.89. The predicted molar refractivity (Wildman–Crippen MR) is 134 cm³/mol. The van der Waals surface area contributed by atoms with E-state index in [2.05, 4.69) is 20.3 Å². The number of anilines is 2. The second kappa shape index (κ2) is 10.2. The lowest BCUT2D eigenvalue weighted by Crippen LogP contribution is -2.71. The maximum Gasteiger partial charge on any atom is 0.325 e. The van der Waals surface area contributed by atoms with Gasteiger partial charge in [0.15, 0.2) is 0 Å². The van der Waals surface area contributed by atoms with E-state index in [1.165, 1.54) is 24.2 Å². The van der Waals surface area contributed by atoms with E-state index in [9.17, 15) is 14.4 Å². The summed E-state index contributed by atoms with van der Waals surface area (Å²) in [4.78, 5) is 55.2. The van der Waals surface area contributed by atoms with Crippen molar-refractivity contribution in [1.29, 1.82) is 0 Å². The Morgan fingerprint density at radius 2 is 1.78 bits per heavy atom. The molecule has 10 nitrogen and oxygen atoms in total. The Balaban J connectivity index is 1.37. The van der Waals surface area contributed by atoms with Crippen LogP contribution in [0.2, 0.25) is 0 Å². The normalized spacial score (nSPS) is 23.0. The number of nitrogens with one attached hydrogen (secondary N) is 1. The van der Waals surface area contributed by atoms with Crippen LogP contribution in [0.15, 0.2) is 36.8 Å². The molecule has 10 heteroatoms. The summed E-state index contributed by atoms with van der Waals surface area (Å²) < 4.78 is 0. The van der Waals surface area contributed by atoms with E-state index >= 15 is 0 Å². The standard InChI is InChI=1S/C26H33N7O3/c1-32(25-29-11-5-12-30-25)24(35)22-19(14-16-10-13-28-20(27)15-16)23(34)33(22)26(36)31-21(18-8-9-18)17-6-3-2-4-7-17/h5,10-13,15,17-19,21-22H,2-4,6-9,14H2,1H3,(H2,27,28)(H,31,36)/t19-,21?,22+/m1/s1. The van der Waals surface area contributed by atoms with Gasteiger partial charge in [-0.25, -0.2) is 19.7 Å². The Hall–Kier alpha value is -3.56. The summed E-state index contributed by atoms with van der Waals surface area (Å²) in [6.45, 7) is 0. The summed E-state index contributed by atoms with van der Waals surface area (Å²) in [5.41, 5.74) is 6.61. The zero-order valence-corrected chi connectivity index (χ0v) is 20.5. The Labute approximate surface area is 210 Å². The van der Waals surface area contributed by atoms with E-state index in [-0.39, 0.29) is 24.3 Å². The van der Waals surface area contributed by atoms with Gasteiger partial charge in [-0.1, -0.05) is 19.3 Å². The molecule has 0 radical (unpaired) electrons. The lowest BCUT2D eigenvalue weighted by molar-refractivity contribution is -0.156. The number of nitrogens with zero attached hydrogens (tertiary/aromatic N) is 5. The number of carbonyl (C=O) groups excluding carboxylic acids is 3. The molecule has 0 spiro atoms. The Morgan fingerprint density at radius 3 is 2.44 bits per heavy atom. The van der Waals surface area contributed by atoms with Crippen LogP contribution < -0.4 is 16.0 Å². The van der Waals surface area contributed by atoms with Crippen LogP contribution >= 0.6 is 0 Å². The number of carbonyl (C=O) groups is 3. The fourth-order valence-electron chi connectivity index (χ4n) is 5.67. The Kier molecular flexibility index (Phi) is 6.84. The van der Waals surface area contributed by atoms with Gasteiger partial charge < -0.3 is 11.1 Å². The van der Waals surface area contributed by atoms with Crippen molar-refractivity contribution in [2.45, 2.75) is 63.5 Å². The predicted octanol–water partition coefficient (Wildman–Crippen LogP) is 2.55. The quantitative estimate of drug-likeness (QED) is 0.568. The molecule has 2 aromatic rings. The third-order valence-corrected chi connectivity index (χ3v) is 7.75.